The Morgan fingerprint density at radius 1 is 1.44 bits per heavy atom. The molecule has 1 aliphatic heterocycles. The monoisotopic (exact) mass is 241 g/mol. The van der Waals surface area contributed by atoms with E-state index in [2.05, 4.69) is 29.4 Å². The average molecular weight is 241 g/mol. The third kappa shape index (κ3) is 2.92. The van der Waals surface area contributed by atoms with E-state index in [0.717, 1.165) is 29.6 Å². The maximum atomic E-state index is 5.74. The van der Waals surface area contributed by atoms with E-state index in [1.54, 1.807) is 11.3 Å². The van der Waals surface area contributed by atoms with Crippen LogP contribution in [0.3, 0.4) is 0 Å². The zero-order chi connectivity index (χ0) is 11.5. The van der Waals surface area contributed by atoms with Gasteiger partial charge in [0.1, 0.15) is 5.01 Å². The molecule has 0 aliphatic carbocycles. The van der Waals surface area contributed by atoms with Crippen molar-refractivity contribution in [3.8, 4) is 0 Å². The van der Waals surface area contributed by atoms with Gasteiger partial charge in [0.2, 0.25) is 5.13 Å². The van der Waals surface area contributed by atoms with E-state index in [9.17, 15) is 0 Å². The predicted octanol–water partition coefficient (Wildman–Crippen LogP) is 2.46. The van der Waals surface area contributed by atoms with Gasteiger partial charge in [0.15, 0.2) is 0 Å². The molecule has 0 saturated carbocycles. The Labute approximate surface area is 100 Å². The normalized spacial score (nSPS) is 26.0. The number of hydrogen-bond donors (Lipinski definition) is 1. The molecule has 2 heterocycles. The van der Waals surface area contributed by atoms with Gasteiger partial charge in [-0.25, -0.2) is 0 Å². The number of ether oxygens (including phenoxy) is 1. The Morgan fingerprint density at radius 3 is 2.88 bits per heavy atom. The van der Waals surface area contributed by atoms with Crippen LogP contribution in [0.15, 0.2) is 0 Å². The second-order valence-electron chi connectivity index (χ2n) is 4.65. The van der Waals surface area contributed by atoms with Crippen LogP contribution in [0.4, 0.5) is 5.13 Å². The van der Waals surface area contributed by atoms with Crippen LogP contribution in [0.1, 0.15) is 31.7 Å². The Hall–Kier alpha value is -0.680. The van der Waals surface area contributed by atoms with E-state index < -0.39 is 0 Å². The van der Waals surface area contributed by atoms with Crippen molar-refractivity contribution in [3.63, 3.8) is 0 Å². The van der Waals surface area contributed by atoms with Crippen LogP contribution >= 0.6 is 11.3 Å². The topological polar surface area (TPSA) is 47.0 Å². The Balaban J connectivity index is 1.90. The van der Waals surface area contributed by atoms with E-state index in [-0.39, 0.29) is 0 Å². The Kier molecular flexibility index (Phi) is 3.76. The van der Waals surface area contributed by atoms with Gasteiger partial charge in [0, 0.05) is 12.6 Å². The first-order chi connectivity index (χ1) is 7.65. The van der Waals surface area contributed by atoms with Crippen LogP contribution in [0, 0.1) is 12.8 Å². The summed E-state index contributed by atoms with van der Waals surface area (Å²) in [6.07, 6.45) is 2.50. The molecular formula is C11H19N3OS. The van der Waals surface area contributed by atoms with Crippen LogP contribution in [0.25, 0.3) is 0 Å². The molecule has 2 rings (SSSR count). The van der Waals surface area contributed by atoms with Crippen molar-refractivity contribution in [2.45, 2.75) is 45.8 Å². The molecule has 2 unspecified atom stereocenters. The second-order valence-corrected chi connectivity index (χ2v) is 5.83. The van der Waals surface area contributed by atoms with Gasteiger partial charge in [-0.05, 0) is 25.7 Å². The number of nitrogens with one attached hydrogen (secondary N) is 1. The summed E-state index contributed by atoms with van der Waals surface area (Å²) in [6.45, 7) is 7.24. The first-order valence-electron chi connectivity index (χ1n) is 5.83. The predicted molar refractivity (Wildman–Crippen MR) is 65.9 cm³/mol. The molecular weight excluding hydrogens is 222 g/mol. The highest BCUT2D eigenvalue weighted by molar-refractivity contribution is 7.15. The highest BCUT2D eigenvalue weighted by Gasteiger charge is 2.25. The van der Waals surface area contributed by atoms with Crippen LogP contribution in [0.5, 0.6) is 0 Å². The molecule has 1 aliphatic rings. The molecule has 1 fully saturated rings. The number of aryl methyl sites for hydroxylation is 1. The van der Waals surface area contributed by atoms with E-state index in [4.69, 9.17) is 4.74 Å². The first kappa shape index (κ1) is 11.8. The fraction of sp³-hybridized carbons (Fsp3) is 0.818. The van der Waals surface area contributed by atoms with Crippen molar-refractivity contribution < 1.29 is 4.74 Å². The van der Waals surface area contributed by atoms with E-state index in [1.807, 2.05) is 6.92 Å². The lowest BCUT2D eigenvalue weighted by atomic mass is 9.95. The van der Waals surface area contributed by atoms with Crippen molar-refractivity contribution in [2.75, 3.05) is 11.9 Å². The molecule has 0 aromatic carbocycles. The van der Waals surface area contributed by atoms with Gasteiger partial charge in [-0.1, -0.05) is 25.2 Å². The maximum Gasteiger partial charge on any atom is 0.205 e. The van der Waals surface area contributed by atoms with Crippen molar-refractivity contribution in [1.29, 1.82) is 0 Å². The maximum absolute atomic E-state index is 5.74. The van der Waals surface area contributed by atoms with Crippen molar-refractivity contribution >= 4 is 16.5 Å². The number of hydrogen-bond acceptors (Lipinski definition) is 5. The molecule has 0 bridgehead atoms. The van der Waals surface area contributed by atoms with Gasteiger partial charge in [-0.15, -0.1) is 10.2 Å². The summed E-state index contributed by atoms with van der Waals surface area (Å²) in [5.41, 5.74) is 0. The third-order valence-corrected chi connectivity index (χ3v) is 3.68. The molecule has 0 radical (unpaired) electrons. The number of anilines is 1. The van der Waals surface area contributed by atoms with Crippen molar-refractivity contribution in [2.24, 2.45) is 5.92 Å². The van der Waals surface area contributed by atoms with Gasteiger partial charge < -0.3 is 10.1 Å². The summed E-state index contributed by atoms with van der Waals surface area (Å²) in [7, 11) is 0. The van der Waals surface area contributed by atoms with Gasteiger partial charge in [-0.3, -0.25) is 0 Å². The molecule has 1 saturated heterocycles. The lowest BCUT2D eigenvalue weighted by molar-refractivity contribution is -0.0160. The number of aromatic nitrogens is 2. The van der Waals surface area contributed by atoms with Gasteiger partial charge in [0.25, 0.3) is 0 Å². The zero-order valence-electron chi connectivity index (χ0n) is 10.1. The summed E-state index contributed by atoms with van der Waals surface area (Å²) in [6, 6.07) is 0.480. The lowest BCUT2D eigenvalue weighted by Gasteiger charge is -2.32. The van der Waals surface area contributed by atoms with E-state index in [1.165, 1.54) is 0 Å². The number of rotatable bonds is 3. The highest BCUT2D eigenvalue weighted by Crippen LogP contribution is 2.24. The van der Waals surface area contributed by atoms with E-state index >= 15 is 0 Å². The molecule has 5 heteroatoms. The molecule has 1 aromatic rings. The fourth-order valence-corrected chi connectivity index (χ4v) is 2.62. The van der Waals surface area contributed by atoms with Crippen molar-refractivity contribution in [3.05, 3.63) is 5.01 Å². The first-order valence-corrected chi connectivity index (χ1v) is 6.65. The number of nitrogens with zero attached hydrogens (tertiary/aromatic N) is 2. The quantitative estimate of drug-likeness (QED) is 0.883. The standard InChI is InChI=1S/C11H19N3OS/c1-7(2)10-6-9(4-5-15-10)12-11-14-13-8(3)16-11/h7,9-10H,4-6H2,1-3H3,(H,12,14). The third-order valence-electron chi connectivity index (χ3n) is 2.91. The summed E-state index contributed by atoms with van der Waals surface area (Å²) < 4.78 is 5.74. The van der Waals surface area contributed by atoms with Crippen molar-refractivity contribution in [1.82, 2.24) is 10.2 Å². The van der Waals surface area contributed by atoms with Crippen LogP contribution in [0.2, 0.25) is 0 Å². The summed E-state index contributed by atoms with van der Waals surface area (Å²) in [5.74, 6) is 0.584. The van der Waals surface area contributed by atoms with Crippen LogP contribution < -0.4 is 5.32 Å². The zero-order valence-corrected chi connectivity index (χ0v) is 10.9. The van der Waals surface area contributed by atoms with Crippen LogP contribution in [-0.4, -0.2) is 29.0 Å². The highest BCUT2D eigenvalue weighted by atomic mass is 32.1. The average Bonchev–Trinajstić information content (AvgIpc) is 2.64. The SMILES string of the molecule is Cc1nnc(NC2CCOC(C(C)C)C2)s1. The van der Waals surface area contributed by atoms with Gasteiger partial charge >= 0.3 is 0 Å². The minimum Gasteiger partial charge on any atom is -0.378 e. The molecule has 2 atom stereocenters. The molecule has 1 N–H and O–H groups in total. The summed E-state index contributed by atoms with van der Waals surface area (Å²) >= 11 is 1.62. The largest absolute Gasteiger partial charge is 0.378 e. The summed E-state index contributed by atoms with van der Waals surface area (Å²) in [4.78, 5) is 0. The minimum absolute atomic E-state index is 0.375. The molecule has 0 amide bonds. The lowest BCUT2D eigenvalue weighted by Crippen LogP contribution is -2.36. The smallest absolute Gasteiger partial charge is 0.205 e. The molecule has 90 valence electrons. The molecule has 4 nitrogen and oxygen atoms in total. The van der Waals surface area contributed by atoms with Gasteiger partial charge in [0.05, 0.1) is 6.10 Å². The van der Waals surface area contributed by atoms with Crippen LogP contribution in [-0.2, 0) is 4.74 Å². The minimum atomic E-state index is 0.375. The molecule has 1 aromatic heterocycles. The fourth-order valence-electron chi connectivity index (χ4n) is 1.95. The van der Waals surface area contributed by atoms with E-state index in [0.29, 0.717) is 18.1 Å². The second kappa shape index (κ2) is 5.10. The Bertz CT molecular complexity index is 340. The molecule has 0 spiro atoms. The molecule has 16 heavy (non-hydrogen) atoms. The Morgan fingerprint density at radius 2 is 2.25 bits per heavy atom. The van der Waals surface area contributed by atoms with Gasteiger partial charge in [-0.2, -0.15) is 0 Å². The summed E-state index contributed by atoms with van der Waals surface area (Å²) in [5, 5.41) is 13.5.